The number of nitrogens with one attached hydrogen (secondary N) is 2. The van der Waals surface area contributed by atoms with Crippen LogP contribution in [0.25, 0.3) is 10.9 Å². The summed E-state index contributed by atoms with van der Waals surface area (Å²) in [6.07, 6.45) is 0.673. The smallest absolute Gasteiger partial charge is 0.322 e. The zero-order valence-corrected chi connectivity index (χ0v) is 18.1. The van der Waals surface area contributed by atoms with Crippen LogP contribution in [-0.4, -0.2) is 29.6 Å². The molecule has 32 heavy (non-hydrogen) atoms. The summed E-state index contributed by atoms with van der Waals surface area (Å²) in [7, 11) is 1.56. The normalized spacial score (nSPS) is 15.5. The van der Waals surface area contributed by atoms with E-state index in [0.29, 0.717) is 29.4 Å². The topological polar surface area (TPSA) is 57.4 Å². The molecule has 0 fully saturated rings. The highest BCUT2D eigenvalue weighted by atomic mass is 35.5. The van der Waals surface area contributed by atoms with Gasteiger partial charge in [-0.3, -0.25) is 0 Å². The minimum atomic E-state index is -0.403. The number of H-pyrrole nitrogens is 1. The molecule has 0 saturated heterocycles. The molecule has 1 atom stereocenters. The second-order valence-electron chi connectivity index (χ2n) is 7.74. The molecule has 1 aromatic heterocycles. The number of carbonyl (C=O) groups excluding carboxylic acids is 1. The molecule has 2 amide bonds. The highest BCUT2D eigenvalue weighted by Crippen LogP contribution is 2.39. The van der Waals surface area contributed by atoms with Gasteiger partial charge in [-0.05, 0) is 60.0 Å². The molecular weight excluding hydrogens is 429 g/mol. The lowest BCUT2D eigenvalue weighted by Crippen LogP contribution is -2.43. The van der Waals surface area contributed by atoms with Gasteiger partial charge in [-0.2, -0.15) is 0 Å². The van der Waals surface area contributed by atoms with E-state index >= 15 is 0 Å². The van der Waals surface area contributed by atoms with Crippen molar-refractivity contribution in [3.8, 4) is 5.75 Å². The number of methoxy groups -OCH3 is 1. The number of rotatable bonds is 3. The summed E-state index contributed by atoms with van der Waals surface area (Å²) in [5, 5.41) is 4.68. The van der Waals surface area contributed by atoms with Crippen LogP contribution in [0.1, 0.15) is 22.9 Å². The lowest BCUT2D eigenvalue weighted by atomic mass is 9.92. The third kappa shape index (κ3) is 3.56. The Morgan fingerprint density at radius 2 is 1.94 bits per heavy atom. The molecule has 0 radical (unpaired) electrons. The van der Waals surface area contributed by atoms with E-state index in [0.717, 1.165) is 27.7 Å². The Labute approximate surface area is 189 Å². The number of ether oxygens (including phenoxy) is 1. The highest BCUT2D eigenvalue weighted by Gasteiger charge is 2.35. The van der Waals surface area contributed by atoms with E-state index < -0.39 is 6.04 Å². The first-order valence-electron chi connectivity index (χ1n) is 10.3. The van der Waals surface area contributed by atoms with Crippen LogP contribution in [0.4, 0.5) is 14.9 Å². The Kier molecular flexibility index (Phi) is 5.23. The molecule has 1 unspecified atom stereocenters. The number of nitrogens with zero attached hydrogens (tertiary/aromatic N) is 1. The largest absolute Gasteiger partial charge is 0.495 e. The fourth-order valence-corrected chi connectivity index (χ4v) is 4.58. The zero-order valence-electron chi connectivity index (χ0n) is 17.4. The molecule has 4 aromatic rings. The number of aromatic amines is 1. The van der Waals surface area contributed by atoms with Gasteiger partial charge in [-0.15, -0.1) is 0 Å². The number of fused-ring (bicyclic) bond motifs is 3. The molecule has 0 bridgehead atoms. The van der Waals surface area contributed by atoms with Gasteiger partial charge in [0.25, 0.3) is 0 Å². The van der Waals surface area contributed by atoms with Gasteiger partial charge >= 0.3 is 6.03 Å². The average Bonchev–Trinajstić information content (AvgIpc) is 3.17. The van der Waals surface area contributed by atoms with Crippen LogP contribution in [-0.2, 0) is 6.42 Å². The number of aromatic nitrogens is 1. The molecule has 7 heteroatoms. The predicted octanol–water partition coefficient (Wildman–Crippen LogP) is 6.15. The summed E-state index contributed by atoms with van der Waals surface area (Å²) in [5.41, 5.74) is 4.40. The van der Waals surface area contributed by atoms with Crippen molar-refractivity contribution >= 4 is 34.2 Å². The van der Waals surface area contributed by atoms with Gasteiger partial charge in [0, 0.05) is 28.2 Å². The second-order valence-corrected chi connectivity index (χ2v) is 8.17. The monoisotopic (exact) mass is 449 g/mol. The van der Waals surface area contributed by atoms with E-state index in [1.807, 2.05) is 30.3 Å². The Morgan fingerprint density at radius 1 is 1.16 bits per heavy atom. The zero-order chi connectivity index (χ0) is 22.2. The van der Waals surface area contributed by atoms with Crippen molar-refractivity contribution in [2.75, 3.05) is 19.0 Å². The van der Waals surface area contributed by atoms with Crippen LogP contribution in [0.3, 0.4) is 0 Å². The first kappa shape index (κ1) is 20.4. The molecule has 5 rings (SSSR count). The molecule has 5 nitrogen and oxygen atoms in total. The quantitative estimate of drug-likeness (QED) is 0.394. The summed E-state index contributed by atoms with van der Waals surface area (Å²) in [6, 6.07) is 18.6. The van der Waals surface area contributed by atoms with E-state index in [1.54, 1.807) is 36.3 Å². The van der Waals surface area contributed by atoms with Crippen molar-refractivity contribution in [2.45, 2.75) is 12.5 Å². The van der Waals surface area contributed by atoms with Crippen LogP contribution < -0.4 is 10.1 Å². The van der Waals surface area contributed by atoms with Crippen LogP contribution in [0.2, 0.25) is 5.02 Å². The number of urea groups is 1. The molecule has 1 aliphatic heterocycles. The fourth-order valence-electron chi connectivity index (χ4n) is 4.41. The molecule has 162 valence electrons. The second kappa shape index (κ2) is 8.20. The maximum atomic E-state index is 13.7. The van der Waals surface area contributed by atoms with E-state index in [4.69, 9.17) is 16.3 Å². The molecule has 0 spiro atoms. The SMILES string of the molecule is COc1ccccc1NC(=O)N1CCc2c([nH]c3ccc(Cl)cc23)C1c1ccc(F)cc1. The van der Waals surface area contributed by atoms with Crippen molar-refractivity contribution < 1.29 is 13.9 Å². The lowest BCUT2D eigenvalue weighted by molar-refractivity contribution is 0.193. The summed E-state index contributed by atoms with van der Waals surface area (Å²) >= 11 is 6.24. The van der Waals surface area contributed by atoms with Crippen LogP contribution >= 0.6 is 11.6 Å². The molecule has 0 aliphatic carbocycles. The van der Waals surface area contributed by atoms with Gasteiger partial charge in [0.1, 0.15) is 11.6 Å². The summed E-state index contributed by atoms with van der Waals surface area (Å²) < 4.78 is 19.0. The molecular formula is C25H21ClFN3O2. The molecule has 0 saturated carbocycles. The number of anilines is 1. The van der Waals surface area contributed by atoms with Gasteiger partial charge < -0.3 is 19.9 Å². The van der Waals surface area contributed by atoms with Crippen LogP contribution in [0.5, 0.6) is 5.75 Å². The molecule has 3 aromatic carbocycles. The molecule has 2 heterocycles. The van der Waals surface area contributed by atoms with E-state index in [1.165, 1.54) is 12.1 Å². The number of benzene rings is 3. The number of carbonyl (C=O) groups is 1. The predicted molar refractivity (Wildman–Crippen MR) is 124 cm³/mol. The van der Waals surface area contributed by atoms with Gasteiger partial charge in [0.05, 0.1) is 18.8 Å². The number of hydrogen-bond acceptors (Lipinski definition) is 2. The lowest BCUT2D eigenvalue weighted by Gasteiger charge is -2.36. The van der Waals surface area contributed by atoms with Crippen molar-refractivity contribution in [3.63, 3.8) is 0 Å². The average molecular weight is 450 g/mol. The number of halogens is 2. The number of hydrogen-bond donors (Lipinski definition) is 2. The van der Waals surface area contributed by atoms with Crippen LogP contribution in [0, 0.1) is 5.82 Å². The van der Waals surface area contributed by atoms with Gasteiger partial charge in [-0.1, -0.05) is 35.9 Å². The third-order valence-corrected chi connectivity index (χ3v) is 6.12. The molecule has 2 N–H and O–H groups in total. The van der Waals surface area contributed by atoms with Gasteiger partial charge in [-0.25, -0.2) is 9.18 Å². The Morgan fingerprint density at radius 3 is 2.72 bits per heavy atom. The van der Waals surface area contributed by atoms with Crippen molar-refractivity contribution in [3.05, 3.63) is 94.4 Å². The number of para-hydroxylation sites is 2. The van der Waals surface area contributed by atoms with Crippen molar-refractivity contribution in [1.82, 2.24) is 9.88 Å². The van der Waals surface area contributed by atoms with E-state index in [9.17, 15) is 9.18 Å². The summed E-state index contributed by atoms with van der Waals surface area (Å²) in [6.45, 7) is 0.496. The van der Waals surface area contributed by atoms with Gasteiger partial charge in [0.15, 0.2) is 0 Å². The summed E-state index contributed by atoms with van der Waals surface area (Å²) in [4.78, 5) is 18.7. The van der Waals surface area contributed by atoms with Gasteiger partial charge in [0.2, 0.25) is 0 Å². The Bertz CT molecular complexity index is 1300. The highest BCUT2D eigenvalue weighted by molar-refractivity contribution is 6.31. The summed E-state index contributed by atoms with van der Waals surface area (Å²) in [5.74, 6) is 0.260. The number of amides is 2. The molecule has 1 aliphatic rings. The Hall–Kier alpha value is -3.51. The minimum Gasteiger partial charge on any atom is -0.495 e. The van der Waals surface area contributed by atoms with E-state index in [-0.39, 0.29) is 11.8 Å². The Balaban J connectivity index is 1.58. The first-order valence-corrected chi connectivity index (χ1v) is 10.7. The fraction of sp³-hybridized carbons (Fsp3) is 0.160. The maximum absolute atomic E-state index is 13.7. The van der Waals surface area contributed by atoms with Crippen molar-refractivity contribution in [1.29, 1.82) is 0 Å². The van der Waals surface area contributed by atoms with E-state index in [2.05, 4.69) is 10.3 Å². The van der Waals surface area contributed by atoms with Crippen LogP contribution in [0.15, 0.2) is 66.7 Å². The standard InChI is InChI=1S/C25H21ClFN3O2/c1-32-22-5-3-2-4-21(22)29-25(31)30-13-12-18-19-14-16(26)8-11-20(19)28-23(18)24(30)15-6-9-17(27)10-7-15/h2-11,14,24,28H,12-13H2,1H3,(H,29,31). The van der Waals surface area contributed by atoms with Crippen molar-refractivity contribution in [2.24, 2.45) is 0 Å². The third-order valence-electron chi connectivity index (χ3n) is 5.88. The first-order chi connectivity index (χ1) is 15.5. The minimum absolute atomic E-state index is 0.258. The maximum Gasteiger partial charge on any atom is 0.322 e.